The first kappa shape index (κ1) is 14.9. The lowest BCUT2D eigenvalue weighted by atomic mass is 10.2. The summed E-state index contributed by atoms with van der Waals surface area (Å²) in [6.45, 7) is 0.519. The number of aromatic nitrogens is 2. The van der Waals surface area contributed by atoms with Crippen molar-refractivity contribution in [2.75, 3.05) is 25.3 Å². The van der Waals surface area contributed by atoms with Gasteiger partial charge in [-0.1, -0.05) is 12.1 Å². The summed E-state index contributed by atoms with van der Waals surface area (Å²) < 4.78 is 10.6. The average molecular weight is 310 g/mol. The van der Waals surface area contributed by atoms with Crippen molar-refractivity contribution in [3.63, 3.8) is 0 Å². The van der Waals surface area contributed by atoms with E-state index in [0.717, 1.165) is 28.0 Å². The van der Waals surface area contributed by atoms with E-state index < -0.39 is 0 Å². The summed E-state index contributed by atoms with van der Waals surface area (Å²) in [6, 6.07) is 13.3. The lowest BCUT2D eigenvalue weighted by molar-refractivity contribution is 0.391. The highest BCUT2D eigenvalue weighted by atomic mass is 16.5. The van der Waals surface area contributed by atoms with Gasteiger partial charge in [-0.25, -0.2) is 4.98 Å². The molecule has 0 bridgehead atoms. The van der Waals surface area contributed by atoms with Gasteiger partial charge in [-0.2, -0.15) is 4.98 Å². The van der Waals surface area contributed by atoms with Gasteiger partial charge in [0.25, 0.3) is 0 Å². The zero-order valence-electron chi connectivity index (χ0n) is 13.0. The van der Waals surface area contributed by atoms with Crippen LogP contribution in [-0.2, 0) is 6.54 Å². The number of para-hydroxylation sites is 1. The molecule has 0 unspecified atom stereocenters. The van der Waals surface area contributed by atoms with Crippen LogP contribution in [0.4, 0.5) is 11.8 Å². The zero-order valence-corrected chi connectivity index (χ0v) is 13.0. The number of hydrogen-bond donors (Lipinski definition) is 2. The van der Waals surface area contributed by atoms with Crippen LogP contribution in [0.25, 0.3) is 10.9 Å². The van der Waals surface area contributed by atoms with Crippen LogP contribution in [0.1, 0.15) is 5.56 Å². The molecule has 0 radical (unpaired) electrons. The highest BCUT2D eigenvalue weighted by molar-refractivity contribution is 5.88. The standard InChI is InChI=1S/C17H18N4O2/c1-22-12-8-7-11(15(9-12)23-2)10-19-17-20-14-6-4-3-5-13(14)16(18)21-17/h3-9H,10H2,1-2H3,(H3,18,19,20,21). The number of nitrogens with two attached hydrogens (primary N) is 1. The van der Waals surface area contributed by atoms with Crippen molar-refractivity contribution in [2.24, 2.45) is 0 Å². The fourth-order valence-corrected chi connectivity index (χ4v) is 2.35. The molecule has 1 heterocycles. The summed E-state index contributed by atoms with van der Waals surface area (Å²) in [5.41, 5.74) is 7.77. The Morgan fingerprint density at radius 3 is 2.65 bits per heavy atom. The van der Waals surface area contributed by atoms with Crippen LogP contribution in [0.15, 0.2) is 42.5 Å². The van der Waals surface area contributed by atoms with Crippen LogP contribution in [0.2, 0.25) is 0 Å². The van der Waals surface area contributed by atoms with Gasteiger partial charge in [0.05, 0.1) is 19.7 Å². The quantitative estimate of drug-likeness (QED) is 0.754. The Morgan fingerprint density at radius 1 is 1.04 bits per heavy atom. The molecule has 1 aromatic heterocycles. The summed E-state index contributed by atoms with van der Waals surface area (Å²) in [4.78, 5) is 8.77. The average Bonchev–Trinajstić information content (AvgIpc) is 2.60. The van der Waals surface area contributed by atoms with E-state index in [9.17, 15) is 0 Å². The Morgan fingerprint density at radius 2 is 1.87 bits per heavy atom. The number of benzene rings is 2. The van der Waals surface area contributed by atoms with Crippen molar-refractivity contribution in [3.05, 3.63) is 48.0 Å². The lowest BCUT2D eigenvalue weighted by Gasteiger charge is -2.12. The monoisotopic (exact) mass is 310 g/mol. The molecule has 0 aliphatic rings. The maximum Gasteiger partial charge on any atom is 0.225 e. The number of ether oxygens (including phenoxy) is 2. The summed E-state index contributed by atoms with van der Waals surface area (Å²) >= 11 is 0. The third kappa shape index (κ3) is 3.11. The number of hydrogen-bond acceptors (Lipinski definition) is 6. The van der Waals surface area contributed by atoms with E-state index in [4.69, 9.17) is 15.2 Å². The number of fused-ring (bicyclic) bond motifs is 1. The van der Waals surface area contributed by atoms with E-state index in [-0.39, 0.29) is 0 Å². The van der Waals surface area contributed by atoms with Gasteiger partial charge in [0.2, 0.25) is 5.95 Å². The minimum absolute atomic E-state index is 0.458. The molecule has 3 aromatic rings. The molecule has 0 atom stereocenters. The lowest BCUT2D eigenvalue weighted by Crippen LogP contribution is -2.07. The molecule has 0 amide bonds. The first-order chi connectivity index (χ1) is 11.2. The fourth-order valence-electron chi connectivity index (χ4n) is 2.35. The number of anilines is 2. The topological polar surface area (TPSA) is 82.3 Å². The second-order valence-corrected chi connectivity index (χ2v) is 4.98. The molecule has 23 heavy (non-hydrogen) atoms. The molecular weight excluding hydrogens is 292 g/mol. The van der Waals surface area contributed by atoms with E-state index in [0.29, 0.717) is 18.3 Å². The largest absolute Gasteiger partial charge is 0.497 e. The smallest absolute Gasteiger partial charge is 0.225 e. The SMILES string of the molecule is COc1ccc(CNc2nc(N)c3ccccc3n2)c(OC)c1. The molecule has 0 saturated carbocycles. The van der Waals surface area contributed by atoms with Crippen molar-refractivity contribution >= 4 is 22.7 Å². The summed E-state index contributed by atoms with van der Waals surface area (Å²) in [6.07, 6.45) is 0. The van der Waals surface area contributed by atoms with Crippen molar-refractivity contribution in [1.82, 2.24) is 9.97 Å². The molecule has 0 aliphatic carbocycles. The second kappa shape index (κ2) is 6.39. The van der Waals surface area contributed by atoms with Gasteiger partial charge in [0.15, 0.2) is 0 Å². The molecule has 6 heteroatoms. The molecule has 3 N–H and O–H groups in total. The molecule has 118 valence electrons. The fraction of sp³-hybridized carbons (Fsp3) is 0.176. The number of nitrogens with one attached hydrogen (secondary N) is 1. The predicted octanol–water partition coefficient (Wildman–Crippen LogP) is 2.84. The van der Waals surface area contributed by atoms with Crippen LogP contribution < -0.4 is 20.5 Å². The number of nitrogen functional groups attached to an aromatic ring is 1. The molecule has 0 fully saturated rings. The van der Waals surface area contributed by atoms with Gasteiger partial charge < -0.3 is 20.5 Å². The van der Waals surface area contributed by atoms with Crippen LogP contribution in [-0.4, -0.2) is 24.2 Å². The summed E-state index contributed by atoms with van der Waals surface area (Å²) in [7, 11) is 3.25. The van der Waals surface area contributed by atoms with Crippen LogP contribution >= 0.6 is 0 Å². The van der Waals surface area contributed by atoms with E-state index in [2.05, 4.69) is 15.3 Å². The maximum absolute atomic E-state index is 5.99. The molecular formula is C17H18N4O2. The predicted molar refractivity (Wildman–Crippen MR) is 90.8 cm³/mol. The van der Waals surface area contributed by atoms with Crippen molar-refractivity contribution in [2.45, 2.75) is 6.54 Å². The van der Waals surface area contributed by atoms with Crippen LogP contribution in [0.3, 0.4) is 0 Å². The van der Waals surface area contributed by atoms with Gasteiger partial charge in [-0.05, 0) is 24.3 Å². The molecule has 2 aromatic carbocycles. The summed E-state index contributed by atoms with van der Waals surface area (Å²) in [5, 5.41) is 4.03. The summed E-state index contributed by atoms with van der Waals surface area (Å²) in [5.74, 6) is 2.43. The van der Waals surface area contributed by atoms with E-state index >= 15 is 0 Å². The van der Waals surface area contributed by atoms with Crippen LogP contribution in [0.5, 0.6) is 11.5 Å². The third-order valence-corrected chi connectivity index (χ3v) is 3.56. The van der Waals surface area contributed by atoms with E-state index in [1.807, 2.05) is 42.5 Å². The van der Waals surface area contributed by atoms with Gasteiger partial charge in [0, 0.05) is 23.6 Å². The Balaban J connectivity index is 1.83. The Kier molecular flexibility index (Phi) is 4.14. The number of methoxy groups -OCH3 is 2. The first-order valence-corrected chi connectivity index (χ1v) is 7.18. The van der Waals surface area contributed by atoms with Gasteiger partial charge in [0.1, 0.15) is 17.3 Å². The highest BCUT2D eigenvalue weighted by Gasteiger charge is 2.08. The zero-order chi connectivity index (χ0) is 16.2. The van der Waals surface area contributed by atoms with Gasteiger partial charge >= 0.3 is 0 Å². The maximum atomic E-state index is 5.99. The molecule has 0 saturated heterocycles. The van der Waals surface area contributed by atoms with E-state index in [1.54, 1.807) is 14.2 Å². The Labute approximate surface area is 134 Å². The Bertz CT molecular complexity index is 836. The van der Waals surface area contributed by atoms with E-state index in [1.165, 1.54) is 0 Å². The van der Waals surface area contributed by atoms with Crippen LogP contribution in [0, 0.1) is 0 Å². The number of rotatable bonds is 5. The second-order valence-electron chi connectivity index (χ2n) is 4.98. The minimum Gasteiger partial charge on any atom is -0.497 e. The Hall–Kier alpha value is -3.02. The molecule has 0 aliphatic heterocycles. The highest BCUT2D eigenvalue weighted by Crippen LogP contribution is 2.25. The van der Waals surface area contributed by atoms with Gasteiger partial charge in [-0.3, -0.25) is 0 Å². The van der Waals surface area contributed by atoms with Crippen molar-refractivity contribution < 1.29 is 9.47 Å². The third-order valence-electron chi connectivity index (χ3n) is 3.56. The van der Waals surface area contributed by atoms with Gasteiger partial charge in [-0.15, -0.1) is 0 Å². The molecule has 3 rings (SSSR count). The molecule has 6 nitrogen and oxygen atoms in total. The van der Waals surface area contributed by atoms with Crippen molar-refractivity contribution in [3.8, 4) is 11.5 Å². The number of nitrogens with zero attached hydrogens (tertiary/aromatic N) is 2. The normalized spacial score (nSPS) is 10.5. The molecule has 0 spiro atoms. The van der Waals surface area contributed by atoms with Crippen molar-refractivity contribution in [1.29, 1.82) is 0 Å². The first-order valence-electron chi connectivity index (χ1n) is 7.18. The minimum atomic E-state index is 0.458.